The van der Waals surface area contributed by atoms with Crippen LogP contribution >= 0.6 is 11.8 Å². The Hall–Kier alpha value is -2.46. The monoisotopic (exact) mass is 330 g/mol. The van der Waals surface area contributed by atoms with Crippen molar-refractivity contribution in [2.24, 2.45) is 5.92 Å². The van der Waals surface area contributed by atoms with Crippen LogP contribution in [0.25, 0.3) is 22.0 Å². The molecule has 0 N–H and O–H groups in total. The van der Waals surface area contributed by atoms with Gasteiger partial charge in [0.25, 0.3) is 0 Å². The number of carbonyl (C=O) groups is 1. The molecule has 2 aliphatic rings. The zero-order chi connectivity index (χ0) is 16.3. The molecule has 5 rings (SSSR count). The number of aryl methyl sites for hydroxylation is 1. The number of hydrogen-bond donors (Lipinski definition) is 0. The number of fused-ring (bicyclic) bond motifs is 2. The van der Waals surface area contributed by atoms with Crippen molar-refractivity contribution in [2.45, 2.75) is 12.2 Å². The number of benzene rings is 1. The quantitative estimate of drug-likeness (QED) is 0.647. The molecule has 0 spiro atoms. The van der Waals surface area contributed by atoms with Gasteiger partial charge in [-0.15, -0.1) is 11.8 Å². The number of aromatic nitrogens is 2. The van der Waals surface area contributed by atoms with Crippen LogP contribution < -0.4 is 0 Å². The van der Waals surface area contributed by atoms with Crippen molar-refractivity contribution in [3.05, 3.63) is 71.0 Å². The molecule has 2 unspecified atom stereocenters. The van der Waals surface area contributed by atoms with Crippen molar-refractivity contribution in [1.29, 1.82) is 0 Å². The Morgan fingerprint density at radius 2 is 2.04 bits per heavy atom. The van der Waals surface area contributed by atoms with Crippen molar-refractivity contribution < 1.29 is 4.79 Å². The Morgan fingerprint density at radius 1 is 1.17 bits per heavy atom. The Bertz CT molecular complexity index is 1040. The van der Waals surface area contributed by atoms with Crippen molar-refractivity contribution >= 4 is 28.3 Å². The molecule has 0 fully saturated rings. The van der Waals surface area contributed by atoms with Crippen LogP contribution in [0.1, 0.15) is 27.0 Å². The van der Waals surface area contributed by atoms with E-state index in [9.17, 15) is 4.79 Å². The van der Waals surface area contributed by atoms with Crippen molar-refractivity contribution in [3.63, 3.8) is 0 Å². The molecular formula is C20H14N2OS. The highest BCUT2D eigenvalue weighted by Crippen LogP contribution is 2.49. The minimum absolute atomic E-state index is 0.0701. The lowest BCUT2D eigenvalue weighted by molar-refractivity contribution is 0.0937. The molecule has 0 bridgehead atoms. The maximum Gasteiger partial charge on any atom is 0.190 e. The fourth-order valence-corrected chi connectivity index (χ4v) is 4.75. The third kappa shape index (κ3) is 1.83. The summed E-state index contributed by atoms with van der Waals surface area (Å²) in [6.07, 6.45) is 3.72. The maximum absolute atomic E-state index is 12.7. The Labute approximate surface area is 143 Å². The molecule has 2 aromatic heterocycles. The summed E-state index contributed by atoms with van der Waals surface area (Å²) in [5.74, 6) is -0.0231. The van der Waals surface area contributed by atoms with Gasteiger partial charge >= 0.3 is 0 Å². The highest BCUT2D eigenvalue weighted by Gasteiger charge is 2.40. The number of thioether (sulfide) groups is 1. The molecule has 0 radical (unpaired) electrons. The van der Waals surface area contributed by atoms with Gasteiger partial charge in [0.05, 0.1) is 22.6 Å². The first kappa shape index (κ1) is 13.9. The second-order valence-corrected chi connectivity index (χ2v) is 7.29. The van der Waals surface area contributed by atoms with Crippen LogP contribution in [0, 0.1) is 12.8 Å². The summed E-state index contributed by atoms with van der Waals surface area (Å²) in [5, 5.41) is 4.06. The molecule has 24 heavy (non-hydrogen) atoms. The molecule has 4 heteroatoms. The second kappa shape index (κ2) is 5.02. The summed E-state index contributed by atoms with van der Waals surface area (Å²) in [4.78, 5) is 22.1. The molecule has 3 heterocycles. The first-order valence-electron chi connectivity index (χ1n) is 7.96. The van der Waals surface area contributed by atoms with E-state index in [4.69, 9.17) is 4.98 Å². The molecule has 3 nitrogen and oxygen atoms in total. The fourth-order valence-electron chi connectivity index (χ4n) is 3.64. The average molecular weight is 330 g/mol. The largest absolute Gasteiger partial charge is 0.292 e. The third-order valence-electron chi connectivity index (χ3n) is 4.84. The normalized spacial score (nSPS) is 21.3. The number of ketones is 1. The van der Waals surface area contributed by atoms with E-state index in [2.05, 4.69) is 30.1 Å². The molecule has 1 aromatic carbocycles. The van der Waals surface area contributed by atoms with Gasteiger partial charge in [0, 0.05) is 17.1 Å². The van der Waals surface area contributed by atoms with E-state index < -0.39 is 0 Å². The van der Waals surface area contributed by atoms with E-state index in [0.29, 0.717) is 5.69 Å². The number of rotatable bonds is 1. The Balaban J connectivity index is 1.85. The molecule has 1 aliphatic heterocycles. The van der Waals surface area contributed by atoms with E-state index >= 15 is 0 Å². The topological polar surface area (TPSA) is 42.9 Å². The third-order valence-corrected chi connectivity index (χ3v) is 5.96. The fraction of sp³-hybridized carbons (Fsp3) is 0.150. The predicted molar refractivity (Wildman–Crippen MR) is 97.0 cm³/mol. The standard InChI is InChI=1S/C20H14N2OS/c1-11-4-2-3-5-13(11)15-10-12-6-8-21-17-16(12)18(22-15)20-14(19(17)23)7-9-24-20/h2-10,14,20H,1H3. The van der Waals surface area contributed by atoms with Crippen molar-refractivity contribution in [2.75, 3.05) is 0 Å². The molecule has 0 amide bonds. The highest BCUT2D eigenvalue weighted by molar-refractivity contribution is 8.02. The summed E-state index contributed by atoms with van der Waals surface area (Å²) >= 11 is 1.68. The van der Waals surface area contributed by atoms with Gasteiger partial charge in [-0.05, 0) is 35.4 Å². The zero-order valence-corrected chi connectivity index (χ0v) is 13.9. The SMILES string of the molecule is Cc1ccccc1-c1cc2ccnc3c2c(n1)C1SC=CC1C3=O. The summed E-state index contributed by atoms with van der Waals surface area (Å²) in [5.41, 5.74) is 4.87. The van der Waals surface area contributed by atoms with Gasteiger partial charge in [-0.25, -0.2) is 0 Å². The summed E-state index contributed by atoms with van der Waals surface area (Å²) in [7, 11) is 0. The summed E-state index contributed by atoms with van der Waals surface area (Å²) < 4.78 is 0. The minimum atomic E-state index is -0.139. The van der Waals surface area contributed by atoms with Crippen LogP contribution in [-0.2, 0) is 0 Å². The zero-order valence-electron chi connectivity index (χ0n) is 13.1. The van der Waals surface area contributed by atoms with Crippen LogP contribution in [0.4, 0.5) is 0 Å². The van der Waals surface area contributed by atoms with Gasteiger partial charge in [-0.3, -0.25) is 14.8 Å². The number of nitrogens with zero attached hydrogens (tertiary/aromatic N) is 2. The molecule has 2 atom stereocenters. The van der Waals surface area contributed by atoms with Crippen LogP contribution in [0.3, 0.4) is 0 Å². The smallest absolute Gasteiger partial charge is 0.190 e. The van der Waals surface area contributed by atoms with Gasteiger partial charge in [-0.1, -0.05) is 30.3 Å². The first-order valence-corrected chi connectivity index (χ1v) is 8.90. The summed E-state index contributed by atoms with van der Waals surface area (Å²) in [6, 6.07) is 12.3. The van der Waals surface area contributed by atoms with Crippen LogP contribution in [0.5, 0.6) is 0 Å². The lowest BCUT2D eigenvalue weighted by Gasteiger charge is -2.25. The van der Waals surface area contributed by atoms with Crippen molar-refractivity contribution in [1.82, 2.24) is 9.97 Å². The van der Waals surface area contributed by atoms with Gasteiger partial charge in [-0.2, -0.15) is 0 Å². The second-order valence-electron chi connectivity index (χ2n) is 6.24. The van der Waals surface area contributed by atoms with Crippen LogP contribution in [0.15, 0.2) is 54.1 Å². The molecule has 3 aromatic rings. The number of hydrogen-bond acceptors (Lipinski definition) is 4. The minimum Gasteiger partial charge on any atom is -0.292 e. The Morgan fingerprint density at radius 3 is 2.92 bits per heavy atom. The van der Waals surface area contributed by atoms with E-state index in [1.165, 1.54) is 5.56 Å². The van der Waals surface area contributed by atoms with E-state index in [1.807, 2.05) is 29.7 Å². The molecular weight excluding hydrogens is 316 g/mol. The number of Topliss-reactive ketones (excluding diaryl/α,β-unsaturated/α-hetero) is 1. The van der Waals surface area contributed by atoms with Gasteiger partial charge < -0.3 is 0 Å². The first-order chi connectivity index (χ1) is 11.7. The highest BCUT2D eigenvalue weighted by atomic mass is 32.2. The van der Waals surface area contributed by atoms with E-state index in [-0.39, 0.29) is 17.0 Å². The van der Waals surface area contributed by atoms with Crippen LogP contribution in [-0.4, -0.2) is 15.8 Å². The summed E-state index contributed by atoms with van der Waals surface area (Å²) in [6.45, 7) is 2.10. The van der Waals surface area contributed by atoms with E-state index in [0.717, 1.165) is 27.7 Å². The van der Waals surface area contributed by atoms with Gasteiger partial charge in [0.1, 0.15) is 5.69 Å². The lowest BCUT2D eigenvalue weighted by atomic mass is 9.85. The van der Waals surface area contributed by atoms with E-state index in [1.54, 1.807) is 18.0 Å². The Kier molecular flexibility index (Phi) is 2.91. The predicted octanol–water partition coefficient (Wildman–Crippen LogP) is 4.72. The number of allylic oxidation sites excluding steroid dienone is 1. The van der Waals surface area contributed by atoms with Gasteiger partial charge in [0.2, 0.25) is 0 Å². The lowest BCUT2D eigenvalue weighted by Crippen LogP contribution is -2.24. The van der Waals surface area contributed by atoms with Crippen molar-refractivity contribution in [3.8, 4) is 11.3 Å². The maximum atomic E-state index is 12.7. The molecule has 116 valence electrons. The van der Waals surface area contributed by atoms with Crippen LogP contribution in [0.2, 0.25) is 0 Å². The molecule has 0 saturated heterocycles. The average Bonchev–Trinajstić information content (AvgIpc) is 3.09. The molecule has 1 aliphatic carbocycles. The number of pyridine rings is 2. The number of carbonyl (C=O) groups excluding carboxylic acids is 1. The van der Waals surface area contributed by atoms with Gasteiger partial charge in [0.15, 0.2) is 5.78 Å². The molecule has 0 saturated carbocycles.